The fraction of sp³-hybridized carbons (Fsp3) is 0.760. The Morgan fingerprint density at radius 1 is 1.03 bits per heavy atom. The molecular weight excluding hydrogens is 498 g/mol. The number of fused-ring (bicyclic) bond motifs is 2. The minimum Gasteiger partial charge on any atom is -0.465 e. The van der Waals surface area contributed by atoms with E-state index >= 15 is 0 Å². The number of ether oxygens (including phenoxy) is 2. The highest BCUT2D eigenvalue weighted by atomic mass is 16.5. The molecule has 13 heteroatoms. The van der Waals surface area contributed by atoms with E-state index in [1.165, 1.54) is 28.7 Å². The Morgan fingerprint density at radius 3 is 2.37 bits per heavy atom. The van der Waals surface area contributed by atoms with Crippen molar-refractivity contribution >= 4 is 35.6 Å². The van der Waals surface area contributed by atoms with Crippen molar-refractivity contribution in [2.75, 3.05) is 54.0 Å². The third-order valence-electron chi connectivity index (χ3n) is 7.17. The number of hydrogen-bond acceptors (Lipinski definition) is 9. The summed E-state index contributed by atoms with van der Waals surface area (Å²) in [4.78, 5) is 83.4. The Kier molecular flexibility index (Phi) is 10.1. The quantitative estimate of drug-likeness (QED) is 0.425. The van der Waals surface area contributed by atoms with Gasteiger partial charge in [0.25, 0.3) is 0 Å². The van der Waals surface area contributed by atoms with Crippen LogP contribution in [-0.2, 0) is 38.2 Å². The molecule has 1 N–H and O–H groups in total. The van der Waals surface area contributed by atoms with Gasteiger partial charge >= 0.3 is 11.9 Å². The third-order valence-corrected chi connectivity index (χ3v) is 7.17. The number of cyclic esters (lactones) is 1. The first-order valence-electron chi connectivity index (χ1n) is 13.1. The molecule has 0 bridgehead atoms. The van der Waals surface area contributed by atoms with E-state index in [1.54, 1.807) is 19.0 Å². The molecule has 3 aliphatic heterocycles. The molecule has 0 aromatic heterocycles. The number of nitrogens with one attached hydrogen (secondary N) is 1. The van der Waals surface area contributed by atoms with Gasteiger partial charge < -0.3 is 29.5 Å². The molecule has 4 unspecified atom stereocenters. The molecule has 3 saturated heterocycles. The van der Waals surface area contributed by atoms with Crippen LogP contribution < -0.4 is 5.32 Å². The number of hydrogen-bond donors (Lipinski definition) is 1. The summed E-state index contributed by atoms with van der Waals surface area (Å²) in [5.41, 5.74) is 0. The molecule has 212 valence electrons. The third kappa shape index (κ3) is 7.00. The van der Waals surface area contributed by atoms with Gasteiger partial charge in [-0.3, -0.25) is 28.9 Å². The van der Waals surface area contributed by atoms with Gasteiger partial charge in [-0.1, -0.05) is 0 Å². The lowest BCUT2D eigenvalue weighted by Gasteiger charge is -2.34. The normalized spacial score (nSPS) is 27.8. The number of carbonyl (C=O) groups excluding carboxylic acids is 6. The first-order chi connectivity index (χ1) is 18.0. The molecule has 4 amide bonds. The van der Waals surface area contributed by atoms with Gasteiger partial charge in [-0.05, 0) is 46.7 Å². The molecule has 0 aromatic carbocycles. The minimum atomic E-state index is -1.05. The van der Waals surface area contributed by atoms with E-state index in [1.807, 2.05) is 0 Å². The molecule has 0 radical (unpaired) electrons. The van der Waals surface area contributed by atoms with Crippen LogP contribution in [0.2, 0.25) is 0 Å². The Hall–Kier alpha value is -3.22. The van der Waals surface area contributed by atoms with Crippen molar-refractivity contribution in [2.24, 2.45) is 0 Å². The minimum absolute atomic E-state index is 0.00742. The molecule has 3 aliphatic rings. The SMILES string of the molecule is CC1NC(=O)C(CCOC(=O)CN(C)C)N(C)C(=O)C2CCCN2C(=O)CCOC(=O)C2CCCN2C1=O. The summed E-state index contributed by atoms with van der Waals surface area (Å²) in [7, 11) is 4.92. The fourth-order valence-electron chi connectivity index (χ4n) is 5.17. The summed E-state index contributed by atoms with van der Waals surface area (Å²) in [6.07, 6.45) is 2.03. The van der Waals surface area contributed by atoms with Crippen LogP contribution in [0.15, 0.2) is 0 Å². The van der Waals surface area contributed by atoms with E-state index in [4.69, 9.17) is 9.47 Å². The highest BCUT2D eigenvalue weighted by Gasteiger charge is 2.41. The van der Waals surface area contributed by atoms with Gasteiger partial charge in [0.2, 0.25) is 23.6 Å². The molecule has 0 spiro atoms. The number of amides is 4. The first kappa shape index (κ1) is 29.3. The molecule has 3 heterocycles. The van der Waals surface area contributed by atoms with Crippen LogP contribution in [-0.4, -0.2) is 133 Å². The second kappa shape index (κ2) is 13.0. The highest BCUT2D eigenvalue weighted by Crippen LogP contribution is 2.23. The van der Waals surface area contributed by atoms with Crippen molar-refractivity contribution in [1.82, 2.24) is 24.9 Å². The molecule has 13 nitrogen and oxygen atoms in total. The van der Waals surface area contributed by atoms with Crippen molar-refractivity contribution in [1.29, 1.82) is 0 Å². The second-order valence-corrected chi connectivity index (χ2v) is 10.3. The predicted molar refractivity (Wildman–Crippen MR) is 133 cm³/mol. The van der Waals surface area contributed by atoms with Crippen LogP contribution in [0, 0.1) is 0 Å². The van der Waals surface area contributed by atoms with E-state index < -0.39 is 53.8 Å². The summed E-state index contributed by atoms with van der Waals surface area (Å²) in [6, 6.07) is -3.54. The number of likely N-dealkylation sites (N-methyl/N-ethyl adjacent to an activating group) is 2. The van der Waals surface area contributed by atoms with E-state index in [0.29, 0.717) is 38.8 Å². The van der Waals surface area contributed by atoms with Crippen LogP contribution in [0.4, 0.5) is 0 Å². The van der Waals surface area contributed by atoms with E-state index in [-0.39, 0.29) is 38.5 Å². The second-order valence-electron chi connectivity index (χ2n) is 10.3. The molecule has 0 aromatic rings. The van der Waals surface area contributed by atoms with E-state index in [2.05, 4.69) is 5.32 Å². The van der Waals surface area contributed by atoms with E-state index in [9.17, 15) is 28.8 Å². The Balaban J connectivity index is 1.84. The maximum Gasteiger partial charge on any atom is 0.328 e. The number of rotatable bonds is 5. The average molecular weight is 538 g/mol. The van der Waals surface area contributed by atoms with E-state index in [0.717, 1.165) is 0 Å². The molecule has 38 heavy (non-hydrogen) atoms. The summed E-state index contributed by atoms with van der Waals surface area (Å²) < 4.78 is 10.6. The zero-order valence-electron chi connectivity index (χ0n) is 22.6. The molecule has 3 fully saturated rings. The van der Waals surface area contributed by atoms with Gasteiger partial charge in [0, 0.05) is 26.6 Å². The van der Waals surface area contributed by atoms with Crippen LogP contribution in [0.25, 0.3) is 0 Å². The van der Waals surface area contributed by atoms with Gasteiger partial charge in [0.1, 0.15) is 30.8 Å². The van der Waals surface area contributed by atoms with Crippen molar-refractivity contribution in [2.45, 2.75) is 69.6 Å². The van der Waals surface area contributed by atoms with Crippen LogP contribution in [0.3, 0.4) is 0 Å². The van der Waals surface area contributed by atoms with Crippen molar-refractivity contribution in [3.63, 3.8) is 0 Å². The highest BCUT2D eigenvalue weighted by molar-refractivity contribution is 5.95. The maximum atomic E-state index is 13.5. The Bertz CT molecular complexity index is 941. The van der Waals surface area contributed by atoms with Gasteiger partial charge in [0.15, 0.2) is 0 Å². The number of nitrogens with zero attached hydrogens (tertiary/aromatic N) is 4. The molecule has 0 aliphatic carbocycles. The lowest BCUT2D eigenvalue weighted by atomic mass is 10.1. The lowest BCUT2D eigenvalue weighted by molar-refractivity contribution is -0.156. The summed E-state index contributed by atoms with van der Waals surface area (Å²) in [5, 5.41) is 2.67. The molecule has 4 atom stereocenters. The molecule has 3 rings (SSSR count). The van der Waals surface area contributed by atoms with Crippen molar-refractivity contribution in [3.05, 3.63) is 0 Å². The monoisotopic (exact) mass is 537 g/mol. The van der Waals surface area contributed by atoms with Crippen molar-refractivity contribution < 1.29 is 38.2 Å². The topological polar surface area (TPSA) is 146 Å². The standard InChI is InChI=1S/C25H39N5O8/c1-16-23(34)30-12-6-8-19(30)25(36)38-14-10-20(31)29-11-5-7-18(29)24(35)28(4)17(22(33)26-16)9-13-37-21(32)15-27(2)3/h16-19H,5-15H2,1-4H3,(H,26,33). The average Bonchev–Trinajstić information content (AvgIpc) is 3.54. The zero-order chi connectivity index (χ0) is 28.0. The van der Waals surface area contributed by atoms with Crippen molar-refractivity contribution in [3.8, 4) is 0 Å². The largest absolute Gasteiger partial charge is 0.465 e. The maximum absolute atomic E-state index is 13.5. The smallest absolute Gasteiger partial charge is 0.328 e. The van der Waals surface area contributed by atoms with Gasteiger partial charge in [-0.15, -0.1) is 0 Å². The van der Waals surface area contributed by atoms with Crippen LogP contribution in [0.5, 0.6) is 0 Å². The molecular formula is C25H39N5O8. The van der Waals surface area contributed by atoms with Crippen LogP contribution >= 0.6 is 0 Å². The zero-order valence-corrected chi connectivity index (χ0v) is 22.6. The van der Waals surface area contributed by atoms with Gasteiger partial charge in [-0.2, -0.15) is 0 Å². The summed E-state index contributed by atoms with van der Waals surface area (Å²) >= 11 is 0. The fourth-order valence-corrected chi connectivity index (χ4v) is 5.17. The summed E-state index contributed by atoms with van der Waals surface area (Å²) in [5.74, 6) is -2.82. The summed E-state index contributed by atoms with van der Waals surface area (Å²) in [6.45, 7) is 2.07. The lowest BCUT2D eigenvalue weighted by Crippen LogP contribution is -2.57. The Labute approximate surface area is 222 Å². The molecule has 0 saturated carbocycles. The van der Waals surface area contributed by atoms with Gasteiger partial charge in [-0.25, -0.2) is 4.79 Å². The first-order valence-corrected chi connectivity index (χ1v) is 13.1. The van der Waals surface area contributed by atoms with Gasteiger partial charge in [0.05, 0.1) is 19.6 Å². The number of carbonyl (C=O) groups is 6. The Morgan fingerprint density at radius 2 is 1.68 bits per heavy atom. The van der Waals surface area contributed by atoms with Crippen LogP contribution in [0.1, 0.15) is 45.4 Å². The predicted octanol–water partition coefficient (Wildman–Crippen LogP) is -1.26. The number of esters is 2.